The number of amides is 2. The molecule has 244 valence electrons. The fourth-order valence-corrected chi connectivity index (χ4v) is 6.14. The van der Waals surface area contributed by atoms with Crippen molar-refractivity contribution in [3.05, 3.63) is 94.8 Å². The lowest BCUT2D eigenvalue weighted by atomic mass is 9.98. The Kier molecular flexibility index (Phi) is 10.6. The van der Waals surface area contributed by atoms with Gasteiger partial charge >= 0.3 is 0 Å². The van der Waals surface area contributed by atoms with E-state index in [1.165, 1.54) is 11.9 Å². The molecule has 47 heavy (non-hydrogen) atoms. The molecule has 0 bridgehead atoms. The maximum Gasteiger partial charge on any atom is 0.237 e. The van der Waals surface area contributed by atoms with Crippen LogP contribution in [0.5, 0.6) is 0 Å². The van der Waals surface area contributed by atoms with Gasteiger partial charge in [-0.3, -0.25) is 30.3 Å². The van der Waals surface area contributed by atoms with Crippen LogP contribution >= 0.6 is 0 Å². The van der Waals surface area contributed by atoms with Crippen LogP contribution in [0.4, 0.5) is 11.4 Å². The summed E-state index contributed by atoms with van der Waals surface area (Å²) in [4.78, 5) is 41.0. The van der Waals surface area contributed by atoms with Crippen LogP contribution in [0.2, 0.25) is 0 Å². The normalized spacial score (nSPS) is 16.6. The Morgan fingerprint density at radius 3 is 2.57 bits per heavy atom. The summed E-state index contributed by atoms with van der Waals surface area (Å²) in [6, 6.07) is 16.8. The average Bonchev–Trinajstić information content (AvgIpc) is 3.56. The van der Waals surface area contributed by atoms with E-state index in [0.29, 0.717) is 56.1 Å². The number of rotatable bonds is 10. The van der Waals surface area contributed by atoms with Gasteiger partial charge in [-0.15, -0.1) is 0 Å². The number of aromatic nitrogens is 1. The second kappa shape index (κ2) is 15.0. The standard InChI is InChI=1S/C36H43N9O2/c1-4-45(30-9-10-32(37)31(20-30)34(38)28-11-15-41-24(2)19-28)36(47)29-12-16-43(21-29)22-33(46)44-17-13-26(14-18-44)25-5-7-27(8-6-25)35(39)42-23-40-3/h5-11,13,15,19-20,23,29,38H,4,12,14,16-18,21-22,37H2,1-3H3,(H2,39,40,42)/t29-/m1/s1. The summed E-state index contributed by atoms with van der Waals surface area (Å²) in [7, 11) is 1.74. The number of amidine groups is 1. The number of benzene rings is 2. The molecule has 11 nitrogen and oxygen atoms in total. The summed E-state index contributed by atoms with van der Waals surface area (Å²) >= 11 is 0. The van der Waals surface area contributed by atoms with Gasteiger partial charge < -0.3 is 20.9 Å². The predicted octanol–water partition coefficient (Wildman–Crippen LogP) is 3.95. The predicted molar refractivity (Wildman–Crippen MR) is 188 cm³/mol. The Bertz CT molecular complexity index is 1710. The Morgan fingerprint density at radius 2 is 1.89 bits per heavy atom. The van der Waals surface area contributed by atoms with Gasteiger partial charge in [-0.1, -0.05) is 30.3 Å². The topological polar surface area (TPSA) is 155 Å². The Hall–Kier alpha value is -5.16. The summed E-state index contributed by atoms with van der Waals surface area (Å²) < 4.78 is 0. The first-order valence-corrected chi connectivity index (χ1v) is 16.0. The van der Waals surface area contributed by atoms with Crippen LogP contribution in [-0.4, -0.2) is 90.8 Å². The maximum atomic E-state index is 13.7. The Morgan fingerprint density at radius 1 is 1.11 bits per heavy atom. The molecule has 2 aliphatic heterocycles. The molecule has 0 spiro atoms. The van der Waals surface area contributed by atoms with Crippen molar-refractivity contribution >= 4 is 46.6 Å². The van der Waals surface area contributed by atoms with Crippen molar-refractivity contribution in [1.29, 1.82) is 10.8 Å². The van der Waals surface area contributed by atoms with Crippen LogP contribution in [-0.2, 0) is 9.59 Å². The van der Waals surface area contributed by atoms with E-state index in [2.05, 4.69) is 26.3 Å². The van der Waals surface area contributed by atoms with Gasteiger partial charge in [-0.25, -0.2) is 4.99 Å². The lowest BCUT2D eigenvalue weighted by molar-refractivity contribution is -0.132. The molecule has 1 aromatic heterocycles. The smallest absolute Gasteiger partial charge is 0.237 e. The highest BCUT2D eigenvalue weighted by molar-refractivity contribution is 6.14. The molecule has 2 aromatic carbocycles. The number of nitrogens with two attached hydrogens (primary N) is 1. The first-order chi connectivity index (χ1) is 22.7. The fourth-order valence-electron chi connectivity index (χ4n) is 6.14. The molecule has 1 atom stereocenters. The van der Waals surface area contributed by atoms with Gasteiger partial charge in [0.25, 0.3) is 0 Å². The Balaban J connectivity index is 1.16. The second-order valence-electron chi connectivity index (χ2n) is 11.9. The van der Waals surface area contributed by atoms with Crippen molar-refractivity contribution in [2.75, 3.05) is 56.9 Å². The van der Waals surface area contributed by atoms with Gasteiger partial charge in [-0.2, -0.15) is 0 Å². The summed E-state index contributed by atoms with van der Waals surface area (Å²) in [6.45, 7) is 7.00. The minimum Gasteiger partial charge on any atom is -0.398 e. The van der Waals surface area contributed by atoms with Gasteiger partial charge in [0.1, 0.15) is 0 Å². The van der Waals surface area contributed by atoms with E-state index in [1.54, 1.807) is 30.3 Å². The van der Waals surface area contributed by atoms with E-state index in [9.17, 15) is 9.59 Å². The zero-order valence-corrected chi connectivity index (χ0v) is 27.3. The summed E-state index contributed by atoms with van der Waals surface area (Å²) in [5.41, 5.74) is 12.9. The number of aryl methyl sites for hydroxylation is 1. The number of anilines is 2. The lowest BCUT2D eigenvalue weighted by Crippen LogP contribution is -2.42. The molecule has 2 amide bonds. The number of hydrogen-bond acceptors (Lipinski definition) is 7. The molecule has 3 heterocycles. The molecule has 0 radical (unpaired) electrons. The fraction of sp³-hybridized carbons (Fsp3) is 0.333. The number of pyridine rings is 1. The number of carbonyl (C=O) groups is 2. The van der Waals surface area contributed by atoms with Crippen molar-refractivity contribution < 1.29 is 9.59 Å². The number of nitrogens with zero attached hydrogens (tertiary/aromatic N) is 5. The molecule has 0 saturated carbocycles. The van der Waals surface area contributed by atoms with E-state index in [4.69, 9.17) is 16.6 Å². The number of aliphatic imine (C=N–C) groups is 1. The van der Waals surface area contributed by atoms with Gasteiger partial charge in [0.2, 0.25) is 11.8 Å². The maximum absolute atomic E-state index is 13.7. The van der Waals surface area contributed by atoms with Crippen molar-refractivity contribution in [2.45, 2.75) is 26.7 Å². The van der Waals surface area contributed by atoms with Crippen molar-refractivity contribution in [1.82, 2.24) is 20.1 Å². The van der Waals surface area contributed by atoms with Gasteiger partial charge in [0.05, 0.1) is 24.5 Å². The number of hydrogen-bond donors (Lipinski definition) is 4. The van der Waals surface area contributed by atoms with E-state index >= 15 is 0 Å². The zero-order valence-electron chi connectivity index (χ0n) is 27.3. The second-order valence-corrected chi connectivity index (χ2v) is 11.9. The van der Waals surface area contributed by atoms with Gasteiger partial charge in [0, 0.05) is 73.2 Å². The van der Waals surface area contributed by atoms with Gasteiger partial charge in [0.15, 0.2) is 5.84 Å². The largest absolute Gasteiger partial charge is 0.398 e. The highest BCUT2D eigenvalue weighted by Crippen LogP contribution is 2.28. The number of carbonyl (C=O) groups excluding carboxylic acids is 2. The van der Waals surface area contributed by atoms with Crippen LogP contribution in [0.3, 0.4) is 0 Å². The van der Waals surface area contributed by atoms with Crippen LogP contribution in [0, 0.1) is 23.7 Å². The number of likely N-dealkylation sites (tertiary alicyclic amines) is 1. The molecule has 1 fully saturated rings. The third kappa shape index (κ3) is 7.81. The minimum absolute atomic E-state index is 0.0185. The molecule has 0 aliphatic carbocycles. The van der Waals surface area contributed by atoms with E-state index in [0.717, 1.165) is 28.8 Å². The van der Waals surface area contributed by atoms with Crippen molar-refractivity contribution in [3.63, 3.8) is 0 Å². The summed E-state index contributed by atoms with van der Waals surface area (Å²) in [5.74, 6) is 0.0681. The monoisotopic (exact) mass is 633 g/mol. The molecule has 1 saturated heterocycles. The summed E-state index contributed by atoms with van der Waals surface area (Å²) in [6.07, 6.45) is 6.72. The molecule has 3 aromatic rings. The van der Waals surface area contributed by atoms with Crippen LogP contribution < -0.4 is 16.0 Å². The molecule has 5 N–H and O–H groups in total. The van der Waals surface area contributed by atoms with E-state index in [-0.39, 0.29) is 35.8 Å². The van der Waals surface area contributed by atoms with E-state index < -0.39 is 0 Å². The first-order valence-electron chi connectivity index (χ1n) is 16.0. The quantitative estimate of drug-likeness (QED) is 0.151. The van der Waals surface area contributed by atoms with Crippen molar-refractivity contribution in [3.8, 4) is 0 Å². The number of nitrogens with one attached hydrogen (secondary N) is 3. The summed E-state index contributed by atoms with van der Waals surface area (Å²) in [5, 5.41) is 19.6. The third-order valence-corrected chi connectivity index (χ3v) is 8.78. The molecular weight excluding hydrogens is 590 g/mol. The highest BCUT2D eigenvalue weighted by atomic mass is 16.2. The molecule has 0 unspecified atom stereocenters. The average molecular weight is 634 g/mol. The highest BCUT2D eigenvalue weighted by Gasteiger charge is 2.33. The Labute approximate surface area is 276 Å². The molecular formula is C36H43N9O2. The minimum atomic E-state index is -0.215. The first kappa shape index (κ1) is 33.2. The zero-order chi connectivity index (χ0) is 33.5. The van der Waals surface area contributed by atoms with Crippen molar-refractivity contribution in [2.24, 2.45) is 10.9 Å². The molecule has 5 rings (SSSR count). The third-order valence-electron chi connectivity index (χ3n) is 8.78. The van der Waals surface area contributed by atoms with Crippen LogP contribution in [0.15, 0.2) is 71.9 Å². The van der Waals surface area contributed by atoms with Gasteiger partial charge in [-0.05, 0) is 74.7 Å². The molecule has 2 aliphatic rings. The molecule has 11 heteroatoms. The SMILES string of the molecule is CCN(C(=O)[C@@H]1CCN(CC(=O)N2CC=C(c3ccc(C(=N)/N=C\NC)cc3)CC2)C1)c1ccc(N)c(C(=N)c2ccnc(C)c2)c1. The van der Waals surface area contributed by atoms with E-state index in [1.807, 2.05) is 61.2 Å². The lowest BCUT2D eigenvalue weighted by Gasteiger charge is -2.29. The van der Waals surface area contributed by atoms with Crippen LogP contribution in [0.1, 0.15) is 47.7 Å². The number of nitrogen functional groups attached to an aromatic ring is 1. The van der Waals surface area contributed by atoms with Crippen LogP contribution in [0.25, 0.3) is 5.57 Å².